The lowest BCUT2D eigenvalue weighted by molar-refractivity contribution is -0.178. The highest BCUT2D eigenvalue weighted by Crippen LogP contribution is 2.34. The lowest BCUT2D eigenvalue weighted by Crippen LogP contribution is -2.51. The molecule has 0 spiro atoms. The molecule has 14 heavy (non-hydrogen) atoms. The van der Waals surface area contributed by atoms with Crippen molar-refractivity contribution in [2.24, 2.45) is 5.92 Å². The molecule has 2 aliphatic rings. The first-order chi connectivity index (χ1) is 6.29. The molecule has 2 aliphatic heterocycles. The molecule has 82 valence electrons. The maximum atomic E-state index is 11.6. The van der Waals surface area contributed by atoms with Gasteiger partial charge < -0.3 is 14.8 Å². The van der Waals surface area contributed by atoms with Crippen LogP contribution in [0.5, 0.6) is 0 Å². The average Bonchev–Trinajstić information content (AvgIpc) is 2.61. The number of nitrogens with one attached hydrogen (secondary N) is 1. The zero-order chi connectivity index (χ0) is 9.31. The summed E-state index contributed by atoms with van der Waals surface area (Å²) < 4.78 is 10.4. The number of esters is 1. The minimum atomic E-state index is -0.674. The van der Waals surface area contributed by atoms with E-state index in [1.54, 1.807) is 0 Å². The molecule has 0 radical (unpaired) electrons. The minimum absolute atomic E-state index is 0. The predicted octanol–water partition coefficient (Wildman–Crippen LogP) is 0.350. The van der Waals surface area contributed by atoms with Gasteiger partial charge in [-0.1, -0.05) is 0 Å². The van der Waals surface area contributed by atoms with Gasteiger partial charge in [0.15, 0.2) is 5.60 Å². The normalized spacial score (nSPS) is 35.6. The topological polar surface area (TPSA) is 47.6 Å². The maximum absolute atomic E-state index is 11.6. The zero-order valence-electron chi connectivity index (χ0n) is 8.25. The molecule has 0 unspecified atom stereocenters. The maximum Gasteiger partial charge on any atom is 0.339 e. The van der Waals surface area contributed by atoms with E-state index >= 15 is 0 Å². The van der Waals surface area contributed by atoms with E-state index in [0.29, 0.717) is 19.1 Å². The minimum Gasteiger partial charge on any atom is -0.467 e. The van der Waals surface area contributed by atoms with Crippen LogP contribution in [0.2, 0.25) is 0 Å². The van der Waals surface area contributed by atoms with Gasteiger partial charge in [0, 0.05) is 25.6 Å². The molecule has 0 aromatic rings. The van der Waals surface area contributed by atoms with Crippen molar-refractivity contribution in [2.75, 3.05) is 26.8 Å². The van der Waals surface area contributed by atoms with Crippen molar-refractivity contribution in [3.8, 4) is 0 Å². The quantitative estimate of drug-likeness (QED) is 0.650. The van der Waals surface area contributed by atoms with Crippen LogP contribution in [0.1, 0.15) is 12.8 Å². The van der Waals surface area contributed by atoms with Crippen LogP contribution in [0.3, 0.4) is 0 Å². The molecule has 2 rings (SSSR count). The van der Waals surface area contributed by atoms with Crippen LogP contribution in [-0.4, -0.2) is 38.4 Å². The number of rotatable bonds is 1. The van der Waals surface area contributed by atoms with Gasteiger partial charge in [0.2, 0.25) is 0 Å². The summed E-state index contributed by atoms with van der Waals surface area (Å²) in [5, 5.41) is 3.19. The highest BCUT2D eigenvalue weighted by atomic mass is 35.5. The van der Waals surface area contributed by atoms with Gasteiger partial charge in [0.25, 0.3) is 0 Å². The molecular weight excluding hydrogens is 206 g/mol. The Kier molecular flexibility index (Phi) is 3.75. The third kappa shape index (κ3) is 1.62. The van der Waals surface area contributed by atoms with E-state index in [1.807, 2.05) is 0 Å². The van der Waals surface area contributed by atoms with Gasteiger partial charge in [-0.15, -0.1) is 12.4 Å². The van der Waals surface area contributed by atoms with E-state index in [4.69, 9.17) is 9.47 Å². The van der Waals surface area contributed by atoms with E-state index in [0.717, 1.165) is 19.4 Å². The van der Waals surface area contributed by atoms with Crippen LogP contribution in [0.15, 0.2) is 0 Å². The van der Waals surface area contributed by atoms with Crippen molar-refractivity contribution in [1.29, 1.82) is 0 Å². The molecule has 0 amide bonds. The second-order valence-electron chi connectivity index (χ2n) is 3.70. The standard InChI is InChI=1S/C9H15NO3.ClH/c1-12-8(11)9-6-10-5-7(9)3-2-4-13-9;/h7,10H,2-6H2,1H3;1H/t7-,9+;/m1./s1. The smallest absolute Gasteiger partial charge is 0.339 e. The second kappa shape index (κ2) is 4.47. The van der Waals surface area contributed by atoms with E-state index in [2.05, 4.69) is 5.32 Å². The van der Waals surface area contributed by atoms with Crippen molar-refractivity contribution in [1.82, 2.24) is 5.32 Å². The van der Waals surface area contributed by atoms with Crippen molar-refractivity contribution >= 4 is 18.4 Å². The Hall–Kier alpha value is -0.320. The summed E-state index contributed by atoms with van der Waals surface area (Å²) in [6.45, 7) is 2.15. The molecule has 1 N–H and O–H groups in total. The number of hydrogen-bond acceptors (Lipinski definition) is 4. The number of fused-ring (bicyclic) bond motifs is 1. The third-order valence-electron chi connectivity index (χ3n) is 3.03. The molecule has 0 saturated carbocycles. The van der Waals surface area contributed by atoms with Crippen molar-refractivity contribution in [3.63, 3.8) is 0 Å². The fourth-order valence-electron chi connectivity index (χ4n) is 2.30. The Bertz CT molecular complexity index is 224. The molecule has 2 fully saturated rings. The van der Waals surface area contributed by atoms with Crippen molar-refractivity contribution < 1.29 is 14.3 Å². The van der Waals surface area contributed by atoms with Gasteiger partial charge in [-0.25, -0.2) is 4.79 Å². The Morgan fingerprint density at radius 1 is 1.64 bits per heavy atom. The SMILES string of the molecule is COC(=O)[C@]12CNC[C@H]1CCCO2.Cl. The molecule has 0 aromatic carbocycles. The molecule has 0 aromatic heterocycles. The monoisotopic (exact) mass is 221 g/mol. The average molecular weight is 222 g/mol. The van der Waals surface area contributed by atoms with Crippen LogP contribution in [0, 0.1) is 5.92 Å². The predicted molar refractivity (Wildman–Crippen MR) is 53.5 cm³/mol. The number of methoxy groups -OCH3 is 1. The van der Waals surface area contributed by atoms with E-state index < -0.39 is 5.60 Å². The third-order valence-corrected chi connectivity index (χ3v) is 3.03. The molecule has 2 atom stereocenters. The Morgan fingerprint density at radius 3 is 3.14 bits per heavy atom. The molecular formula is C9H16ClNO3. The highest BCUT2D eigenvalue weighted by Gasteiger charge is 2.52. The van der Waals surface area contributed by atoms with Crippen molar-refractivity contribution in [3.05, 3.63) is 0 Å². The summed E-state index contributed by atoms with van der Waals surface area (Å²) in [6, 6.07) is 0. The number of halogens is 1. The largest absolute Gasteiger partial charge is 0.467 e. The van der Waals surface area contributed by atoms with E-state index in [9.17, 15) is 4.79 Å². The molecule has 0 bridgehead atoms. The van der Waals surface area contributed by atoms with Crippen LogP contribution >= 0.6 is 12.4 Å². The number of hydrogen-bond donors (Lipinski definition) is 1. The van der Waals surface area contributed by atoms with E-state index in [1.165, 1.54) is 7.11 Å². The fourth-order valence-corrected chi connectivity index (χ4v) is 2.30. The van der Waals surface area contributed by atoms with Crippen molar-refractivity contribution in [2.45, 2.75) is 18.4 Å². The Balaban J connectivity index is 0.000000980. The highest BCUT2D eigenvalue weighted by molar-refractivity contribution is 5.85. The summed E-state index contributed by atoms with van der Waals surface area (Å²) in [4.78, 5) is 11.6. The van der Waals surface area contributed by atoms with Crippen LogP contribution in [0.25, 0.3) is 0 Å². The van der Waals surface area contributed by atoms with Crippen LogP contribution in [0.4, 0.5) is 0 Å². The van der Waals surface area contributed by atoms with E-state index in [-0.39, 0.29) is 18.4 Å². The van der Waals surface area contributed by atoms with Gasteiger partial charge in [-0.3, -0.25) is 0 Å². The lowest BCUT2D eigenvalue weighted by Gasteiger charge is -2.35. The molecule has 2 heterocycles. The molecule has 4 nitrogen and oxygen atoms in total. The first kappa shape index (κ1) is 11.8. The molecule has 2 saturated heterocycles. The molecule has 5 heteroatoms. The number of ether oxygens (including phenoxy) is 2. The van der Waals surface area contributed by atoms with Gasteiger partial charge in [0.05, 0.1) is 7.11 Å². The first-order valence-electron chi connectivity index (χ1n) is 4.73. The molecule has 0 aliphatic carbocycles. The van der Waals surface area contributed by atoms with Gasteiger partial charge in [-0.2, -0.15) is 0 Å². The summed E-state index contributed by atoms with van der Waals surface area (Å²) in [6.07, 6.45) is 2.10. The first-order valence-corrected chi connectivity index (χ1v) is 4.73. The second-order valence-corrected chi connectivity index (χ2v) is 3.70. The van der Waals surface area contributed by atoms with Gasteiger partial charge >= 0.3 is 5.97 Å². The van der Waals surface area contributed by atoms with Crippen LogP contribution < -0.4 is 5.32 Å². The number of carbonyl (C=O) groups is 1. The summed E-state index contributed by atoms with van der Waals surface area (Å²) in [5.41, 5.74) is -0.674. The van der Waals surface area contributed by atoms with Gasteiger partial charge in [-0.05, 0) is 12.8 Å². The Morgan fingerprint density at radius 2 is 2.43 bits per heavy atom. The summed E-state index contributed by atoms with van der Waals surface area (Å²) in [5.74, 6) is 0.0795. The van der Waals surface area contributed by atoms with Crippen LogP contribution in [-0.2, 0) is 14.3 Å². The zero-order valence-corrected chi connectivity index (χ0v) is 9.06. The summed E-state index contributed by atoms with van der Waals surface area (Å²) in [7, 11) is 1.42. The number of carbonyl (C=O) groups excluding carboxylic acids is 1. The lowest BCUT2D eigenvalue weighted by atomic mass is 9.85. The summed E-state index contributed by atoms with van der Waals surface area (Å²) >= 11 is 0. The van der Waals surface area contributed by atoms with Gasteiger partial charge in [0.1, 0.15) is 0 Å². The fraction of sp³-hybridized carbons (Fsp3) is 0.889. The Labute approximate surface area is 89.7 Å².